The van der Waals surface area contributed by atoms with Crippen LogP contribution in [-0.4, -0.2) is 64.0 Å². The molecule has 2 heterocycles. The predicted octanol–water partition coefficient (Wildman–Crippen LogP) is 2.18. The first-order valence-electron chi connectivity index (χ1n) is 11.8. The van der Waals surface area contributed by atoms with Gasteiger partial charge in [0.1, 0.15) is 24.6 Å². The third-order valence-electron chi connectivity index (χ3n) is 5.30. The molecule has 1 fully saturated rings. The molecule has 2 aromatic rings. The summed E-state index contributed by atoms with van der Waals surface area (Å²) in [4.78, 5) is 37.5. The quantitative estimate of drug-likeness (QED) is 0.239. The number of aromatic amines is 1. The number of rotatable bonds is 10. The molecule has 1 aromatic carbocycles. The van der Waals surface area contributed by atoms with E-state index in [4.69, 9.17) is 23.0 Å². The Balaban J connectivity index is 1.91. The van der Waals surface area contributed by atoms with Crippen molar-refractivity contribution in [3.8, 4) is 17.6 Å². The number of halogens is 3. The van der Waals surface area contributed by atoms with Crippen LogP contribution in [0.2, 0.25) is 0 Å². The lowest BCUT2D eigenvalue weighted by molar-refractivity contribution is -0.156. The molecule has 1 saturated heterocycles. The number of nitrogens with one attached hydrogen (secondary N) is 1. The van der Waals surface area contributed by atoms with Crippen molar-refractivity contribution in [2.24, 2.45) is 0 Å². The summed E-state index contributed by atoms with van der Waals surface area (Å²) in [6, 6.07) is 7.48. The van der Waals surface area contributed by atoms with Crippen LogP contribution in [0.25, 0.3) is 0 Å². The second-order valence-electron chi connectivity index (χ2n) is 8.70. The molecule has 12 nitrogen and oxygen atoms in total. The number of benzene rings is 1. The molecule has 6 atom stereocenters. The number of hydrogen-bond donors (Lipinski definition) is 2. The lowest BCUT2D eigenvalue weighted by atomic mass is 9.96. The van der Waals surface area contributed by atoms with Crippen molar-refractivity contribution in [3.05, 3.63) is 63.2 Å². The maximum absolute atomic E-state index is 16.0. The van der Waals surface area contributed by atoms with Gasteiger partial charge in [-0.15, -0.1) is 0 Å². The molecule has 218 valence electrons. The molecule has 40 heavy (non-hydrogen) atoms. The Morgan fingerprint density at radius 2 is 1.95 bits per heavy atom. The van der Waals surface area contributed by atoms with Crippen molar-refractivity contribution >= 4 is 13.8 Å². The summed E-state index contributed by atoms with van der Waals surface area (Å²) in [5, 5.41) is 10.7. The molecule has 0 amide bonds. The van der Waals surface area contributed by atoms with E-state index in [0.29, 0.717) is 6.20 Å². The number of aliphatic hydroxyl groups excluding tert-OH is 1. The molecule has 0 aliphatic carbocycles. The van der Waals surface area contributed by atoms with Crippen LogP contribution < -0.4 is 15.8 Å². The molecular weight excluding hydrogens is 564 g/mol. The van der Waals surface area contributed by atoms with E-state index in [1.54, 1.807) is 30.8 Å². The van der Waals surface area contributed by atoms with Crippen molar-refractivity contribution in [3.63, 3.8) is 0 Å². The highest BCUT2D eigenvalue weighted by Gasteiger charge is 2.58. The number of carbonyl (C=O) groups excluding carboxylic acids is 1. The minimum atomic E-state index is -4.74. The SMILES string of the molecule is CC(C)OC(=O)[C@H](C)O[P@](=O)(OC[C@H]1O[C@@H](n2cc(F)c(=O)[nH]c2=O)C(F)(C#CCF)[C@H]1O)Oc1ccccc1. The fraction of sp³-hybridized carbons (Fsp3) is 0.458. The van der Waals surface area contributed by atoms with Gasteiger partial charge in [-0.05, 0) is 32.9 Å². The summed E-state index contributed by atoms with van der Waals surface area (Å²) < 4.78 is 82.7. The number of alkyl halides is 2. The minimum Gasteiger partial charge on any atom is -0.461 e. The number of aromatic nitrogens is 2. The molecular formula is C24H26F3N2O10P. The normalized spacial score (nSPS) is 24.6. The fourth-order valence-electron chi connectivity index (χ4n) is 3.51. The smallest absolute Gasteiger partial charge is 0.461 e. The highest BCUT2D eigenvalue weighted by atomic mass is 31.2. The zero-order valence-corrected chi connectivity index (χ0v) is 22.3. The Hall–Kier alpha value is -3.41. The third kappa shape index (κ3) is 7.21. The highest BCUT2D eigenvalue weighted by molar-refractivity contribution is 7.49. The van der Waals surface area contributed by atoms with Gasteiger partial charge < -0.3 is 19.1 Å². The van der Waals surface area contributed by atoms with Crippen LogP contribution in [-0.2, 0) is 27.9 Å². The van der Waals surface area contributed by atoms with E-state index in [-0.39, 0.29) is 10.3 Å². The van der Waals surface area contributed by atoms with E-state index >= 15 is 4.39 Å². The monoisotopic (exact) mass is 590 g/mol. The molecule has 1 aromatic heterocycles. The van der Waals surface area contributed by atoms with E-state index < -0.39 is 80.5 Å². The second-order valence-corrected chi connectivity index (χ2v) is 10.2. The molecule has 1 aliphatic rings. The summed E-state index contributed by atoms with van der Waals surface area (Å²) in [5.74, 6) is 1.18. The van der Waals surface area contributed by atoms with Gasteiger partial charge in [0.15, 0.2) is 12.3 Å². The van der Waals surface area contributed by atoms with E-state index in [9.17, 15) is 32.8 Å². The standard InChI is InChI=1S/C24H26F3N2O10P/c1-14(2)36-21(32)15(3)38-40(34,39-16-8-5-4-6-9-16)35-13-18-19(30)24(27,10-7-11-25)22(37-18)29-12-17(26)20(31)28-23(29)33/h4-6,8-9,12,14-15,18-19,22,30H,11,13H2,1-3H3,(H,28,31,33)/t15-,18+,19-,22+,24?,40-/m0/s1. The van der Waals surface area contributed by atoms with E-state index in [0.717, 1.165) is 0 Å². The Kier molecular flexibility index (Phi) is 9.99. The van der Waals surface area contributed by atoms with Crippen LogP contribution >= 0.6 is 7.82 Å². The maximum Gasteiger partial charge on any atom is 0.530 e. The maximum atomic E-state index is 16.0. The molecule has 0 spiro atoms. The topological polar surface area (TPSA) is 155 Å². The van der Waals surface area contributed by atoms with E-state index in [1.165, 1.54) is 31.2 Å². The van der Waals surface area contributed by atoms with Crippen molar-refractivity contribution < 1.29 is 50.7 Å². The molecule has 16 heteroatoms. The number of aliphatic hydroxyl groups is 1. The van der Waals surface area contributed by atoms with E-state index in [2.05, 4.69) is 0 Å². The zero-order chi connectivity index (χ0) is 29.7. The summed E-state index contributed by atoms with van der Waals surface area (Å²) in [6.45, 7) is 2.06. The number of phosphoric ester groups is 1. The number of H-pyrrole nitrogens is 1. The second kappa shape index (κ2) is 12.8. The number of carbonyl (C=O) groups is 1. The Morgan fingerprint density at radius 1 is 1.27 bits per heavy atom. The number of hydrogen-bond acceptors (Lipinski definition) is 10. The lowest BCUT2D eigenvalue weighted by Gasteiger charge is -2.24. The number of ether oxygens (including phenoxy) is 2. The number of esters is 1. The summed E-state index contributed by atoms with van der Waals surface area (Å²) in [7, 11) is -4.74. The average molecular weight is 590 g/mol. The fourth-order valence-corrected chi connectivity index (χ4v) is 4.85. The predicted molar refractivity (Wildman–Crippen MR) is 131 cm³/mol. The Bertz CT molecular complexity index is 1420. The van der Waals surface area contributed by atoms with Crippen molar-refractivity contribution in [2.45, 2.75) is 57.1 Å². The zero-order valence-electron chi connectivity index (χ0n) is 21.4. The lowest BCUT2D eigenvalue weighted by Crippen LogP contribution is -2.45. The first kappa shape index (κ1) is 31.1. The van der Waals surface area contributed by atoms with Crippen LogP contribution in [0.3, 0.4) is 0 Å². The van der Waals surface area contributed by atoms with Gasteiger partial charge in [-0.1, -0.05) is 30.0 Å². The van der Waals surface area contributed by atoms with Crippen molar-refractivity contribution in [1.82, 2.24) is 9.55 Å². The molecule has 0 saturated carbocycles. The third-order valence-corrected chi connectivity index (χ3v) is 6.77. The van der Waals surface area contributed by atoms with Gasteiger partial charge in [-0.2, -0.15) is 4.39 Å². The van der Waals surface area contributed by atoms with Crippen molar-refractivity contribution in [1.29, 1.82) is 0 Å². The number of nitrogens with zero attached hydrogens (tertiary/aromatic N) is 1. The highest BCUT2D eigenvalue weighted by Crippen LogP contribution is 2.52. The number of phosphoric acid groups is 1. The molecule has 2 N–H and O–H groups in total. The van der Waals surface area contributed by atoms with Crippen LogP contribution in [0.4, 0.5) is 13.2 Å². The van der Waals surface area contributed by atoms with Crippen LogP contribution in [0.1, 0.15) is 27.0 Å². The van der Waals surface area contributed by atoms with Crippen LogP contribution in [0, 0.1) is 17.7 Å². The van der Waals surface area contributed by atoms with Gasteiger partial charge in [0.25, 0.3) is 5.56 Å². The molecule has 0 radical (unpaired) electrons. The first-order chi connectivity index (χ1) is 18.8. The number of para-hydroxylation sites is 1. The Labute approximate surface area is 225 Å². The molecule has 1 aliphatic heterocycles. The van der Waals surface area contributed by atoms with Gasteiger partial charge in [0.05, 0.1) is 18.9 Å². The van der Waals surface area contributed by atoms with Gasteiger partial charge >= 0.3 is 19.5 Å². The largest absolute Gasteiger partial charge is 0.530 e. The first-order valence-corrected chi connectivity index (χ1v) is 13.2. The van der Waals surface area contributed by atoms with Gasteiger partial charge in [-0.3, -0.25) is 23.4 Å². The average Bonchev–Trinajstić information content (AvgIpc) is 3.13. The molecule has 1 unspecified atom stereocenters. The minimum absolute atomic E-state index is 0.00931. The summed E-state index contributed by atoms with van der Waals surface area (Å²) in [6.07, 6.45) is -7.95. The molecule has 0 bridgehead atoms. The van der Waals surface area contributed by atoms with Crippen LogP contribution in [0.5, 0.6) is 5.75 Å². The van der Waals surface area contributed by atoms with Crippen LogP contribution in [0.15, 0.2) is 46.1 Å². The molecule has 3 rings (SSSR count). The van der Waals surface area contributed by atoms with Gasteiger partial charge in [0, 0.05) is 0 Å². The van der Waals surface area contributed by atoms with Gasteiger partial charge in [-0.25, -0.2) is 22.9 Å². The Morgan fingerprint density at radius 3 is 2.58 bits per heavy atom. The summed E-state index contributed by atoms with van der Waals surface area (Å²) in [5.41, 5.74) is -5.96. The van der Waals surface area contributed by atoms with E-state index in [1.807, 2.05) is 5.92 Å². The summed E-state index contributed by atoms with van der Waals surface area (Å²) >= 11 is 0. The van der Waals surface area contributed by atoms with Crippen molar-refractivity contribution in [2.75, 3.05) is 13.3 Å². The van der Waals surface area contributed by atoms with Gasteiger partial charge in [0.2, 0.25) is 11.5 Å².